The van der Waals surface area contributed by atoms with E-state index in [1.807, 2.05) is 72.5 Å². The van der Waals surface area contributed by atoms with E-state index < -0.39 is 0 Å². The molecule has 0 atom stereocenters. The fourth-order valence-electron chi connectivity index (χ4n) is 4.16. The van der Waals surface area contributed by atoms with Gasteiger partial charge >= 0.3 is 0 Å². The van der Waals surface area contributed by atoms with E-state index >= 15 is 0 Å². The summed E-state index contributed by atoms with van der Waals surface area (Å²) < 4.78 is 8.12. The number of amides is 1. The van der Waals surface area contributed by atoms with Crippen LogP contribution in [-0.4, -0.2) is 38.7 Å². The van der Waals surface area contributed by atoms with Crippen molar-refractivity contribution in [2.75, 3.05) is 13.1 Å². The Labute approximate surface area is 181 Å². The van der Waals surface area contributed by atoms with E-state index in [4.69, 9.17) is 4.42 Å². The van der Waals surface area contributed by atoms with Crippen LogP contribution in [0.1, 0.15) is 34.8 Å². The van der Waals surface area contributed by atoms with Crippen LogP contribution in [0.2, 0.25) is 0 Å². The molecule has 0 N–H and O–H groups in total. The molecule has 0 aliphatic carbocycles. The van der Waals surface area contributed by atoms with Crippen LogP contribution in [0, 0.1) is 6.92 Å². The van der Waals surface area contributed by atoms with Gasteiger partial charge in [0, 0.05) is 48.2 Å². The molecule has 3 heterocycles. The highest BCUT2D eigenvalue weighted by atomic mass is 16.4. The summed E-state index contributed by atoms with van der Waals surface area (Å²) in [4.78, 5) is 14.9. The van der Waals surface area contributed by atoms with Crippen molar-refractivity contribution in [2.45, 2.75) is 25.8 Å². The molecule has 5 rings (SSSR count). The molecule has 0 radical (unpaired) electrons. The number of benzene rings is 2. The number of aromatic nitrogens is 3. The van der Waals surface area contributed by atoms with Crippen LogP contribution >= 0.6 is 0 Å². The number of likely N-dealkylation sites (tertiary alicyclic amines) is 1. The molecule has 31 heavy (non-hydrogen) atoms. The van der Waals surface area contributed by atoms with Crippen LogP contribution in [0.15, 0.2) is 77.5 Å². The summed E-state index contributed by atoms with van der Waals surface area (Å²) in [6.07, 6.45) is 6.15. The molecule has 6 heteroatoms. The van der Waals surface area contributed by atoms with Crippen molar-refractivity contribution in [3.05, 3.63) is 84.2 Å². The minimum Gasteiger partial charge on any atom is -0.416 e. The van der Waals surface area contributed by atoms with Gasteiger partial charge in [-0.2, -0.15) is 0 Å². The van der Waals surface area contributed by atoms with Gasteiger partial charge in [0.1, 0.15) is 0 Å². The molecule has 1 aliphatic rings. The Balaban J connectivity index is 1.26. The number of hydrogen-bond donors (Lipinski definition) is 0. The molecule has 0 saturated carbocycles. The highest BCUT2D eigenvalue weighted by molar-refractivity contribution is 5.94. The molecule has 1 aliphatic heterocycles. The van der Waals surface area contributed by atoms with E-state index in [2.05, 4.69) is 27.2 Å². The Bertz CT molecular complexity index is 1170. The summed E-state index contributed by atoms with van der Waals surface area (Å²) in [6, 6.07) is 19.9. The molecule has 1 saturated heterocycles. The lowest BCUT2D eigenvalue weighted by molar-refractivity contribution is 0.0694. The van der Waals surface area contributed by atoms with Gasteiger partial charge in [-0.25, -0.2) is 0 Å². The number of carbonyl (C=O) groups is 1. The van der Waals surface area contributed by atoms with Gasteiger partial charge in [-0.05, 0) is 67.8 Å². The second-order valence-electron chi connectivity index (χ2n) is 7.96. The smallest absolute Gasteiger partial charge is 0.253 e. The third-order valence-electron chi connectivity index (χ3n) is 5.98. The summed E-state index contributed by atoms with van der Waals surface area (Å²) in [5.41, 5.74) is 3.49. The molecule has 2 aromatic heterocycles. The molecule has 156 valence electrons. The minimum absolute atomic E-state index is 0.0728. The van der Waals surface area contributed by atoms with E-state index in [9.17, 15) is 4.79 Å². The fourth-order valence-corrected chi connectivity index (χ4v) is 4.16. The molecule has 1 amide bonds. The van der Waals surface area contributed by atoms with Gasteiger partial charge < -0.3 is 13.9 Å². The van der Waals surface area contributed by atoms with E-state index in [1.165, 1.54) is 0 Å². The maximum Gasteiger partial charge on any atom is 0.253 e. The monoisotopic (exact) mass is 412 g/mol. The van der Waals surface area contributed by atoms with Crippen LogP contribution in [0.4, 0.5) is 0 Å². The van der Waals surface area contributed by atoms with Gasteiger partial charge in [-0.15, -0.1) is 10.2 Å². The lowest BCUT2D eigenvalue weighted by Crippen LogP contribution is -2.38. The number of aryl methyl sites for hydroxylation is 1. The van der Waals surface area contributed by atoms with Gasteiger partial charge in [-0.1, -0.05) is 18.2 Å². The second kappa shape index (κ2) is 8.22. The minimum atomic E-state index is 0.0728. The standard InChI is InChI=1S/C25H24N4O2/c1-18-6-2-3-7-22(18)24-27-26-23(31-24)19-8-10-20(11-9-19)25(30)29-16-12-21(13-17-29)28-14-4-5-15-28/h2-11,14-15,21H,12-13,16-17H2,1H3. The van der Waals surface area contributed by atoms with Gasteiger partial charge in [0.25, 0.3) is 5.91 Å². The van der Waals surface area contributed by atoms with E-state index in [0.717, 1.165) is 42.6 Å². The topological polar surface area (TPSA) is 64.2 Å². The van der Waals surface area contributed by atoms with Crippen LogP contribution in [0.3, 0.4) is 0 Å². The van der Waals surface area contributed by atoms with E-state index in [-0.39, 0.29) is 5.91 Å². The summed E-state index contributed by atoms with van der Waals surface area (Å²) >= 11 is 0. The molecule has 1 fully saturated rings. The number of piperidine rings is 1. The van der Waals surface area contributed by atoms with Crippen LogP contribution in [-0.2, 0) is 0 Å². The van der Waals surface area contributed by atoms with Crippen LogP contribution in [0.5, 0.6) is 0 Å². The third-order valence-corrected chi connectivity index (χ3v) is 5.98. The Hall–Kier alpha value is -3.67. The van der Waals surface area contributed by atoms with Crippen molar-refractivity contribution < 1.29 is 9.21 Å². The molecule has 2 aromatic carbocycles. The third kappa shape index (κ3) is 3.89. The lowest BCUT2D eigenvalue weighted by atomic mass is 10.0. The summed E-state index contributed by atoms with van der Waals surface area (Å²) in [5, 5.41) is 8.38. The van der Waals surface area contributed by atoms with Crippen LogP contribution < -0.4 is 0 Å². The predicted octanol–water partition coefficient (Wildman–Crippen LogP) is 4.99. The zero-order chi connectivity index (χ0) is 21.2. The highest BCUT2D eigenvalue weighted by Crippen LogP contribution is 2.27. The van der Waals surface area contributed by atoms with Gasteiger partial charge in [0.15, 0.2) is 0 Å². The normalized spacial score (nSPS) is 14.7. The highest BCUT2D eigenvalue weighted by Gasteiger charge is 2.24. The van der Waals surface area contributed by atoms with Crippen LogP contribution in [0.25, 0.3) is 22.9 Å². The van der Waals surface area contributed by atoms with E-state index in [1.54, 1.807) is 0 Å². The zero-order valence-electron chi connectivity index (χ0n) is 17.4. The first-order valence-electron chi connectivity index (χ1n) is 10.6. The lowest BCUT2D eigenvalue weighted by Gasteiger charge is -2.32. The van der Waals surface area contributed by atoms with Crippen molar-refractivity contribution in [2.24, 2.45) is 0 Å². The van der Waals surface area contributed by atoms with Gasteiger partial charge in [0.05, 0.1) is 0 Å². The van der Waals surface area contributed by atoms with Gasteiger partial charge in [-0.3, -0.25) is 4.79 Å². The number of hydrogen-bond acceptors (Lipinski definition) is 4. The maximum absolute atomic E-state index is 12.9. The molecular formula is C25H24N4O2. The first-order chi connectivity index (χ1) is 15.2. The Morgan fingerprint density at radius 1 is 0.903 bits per heavy atom. The quantitative estimate of drug-likeness (QED) is 0.474. The molecule has 0 bridgehead atoms. The largest absolute Gasteiger partial charge is 0.416 e. The molecule has 6 nitrogen and oxygen atoms in total. The first-order valence-corrected chi connectivity index (χ1v) is 10.6. The predicted molar refractivity (Wildman–Crippen MR) is 119 cm³/mol. The molecule has 0 unspecified atom stereocenters. The molecule has 0 spiro atoms. The van der Waals surface area contributed by atoms with Crippen molar-refractivity contribution in [1.82, 2.24) is 19.7 Å². The van der Waals surface area contributed by atoms with E-state index in [0.29, 0.717) is 23.4 Å². The Kier molecular flexibility index (Phi) is 5.12. The number of carbonyl (C=O) groups excluding carboxylic acids is 1. The maximum atomic E-state index is 12.9. The average Bonchev–Trinajstić information content (AvgIpc) is 3.52. The first kappa shape index (κ1) is 19.3. The Morgan fingerprint density at radius 3 is 2.29 bits per heavy atom. The van der Waals surface area contributed by atoms with Gasteiger partial charge in [0.2, 0.25) is 11.8 Å². The average molecular weight is 412 g/mol. The second-order valence-corrected chi connectivity index (χ2v) is 7.96. The fraction of sp³-hybridized carbons (Fsp3) is 0.240. The van der Waals surface area contributed by atoms with Crippen molar-refractivity contribution in [1.29, 1.82) is 0 Å². The molecule has 4 aromatic rings. The summed E-state index contributed by atoms with van der Waals surface area (Å²) in [6.45, 7) is 3.56. The number of nitrogens with zero attached hydrogens (tertiary/aromatic N) is 4. The number of rotatable bonds is 4. The van der Waals surface area contributed by atoms with Crippen molar-refractivity contribution in [3.8, 4) is 22.9 Å². The Morgan fingerprint density at radius 2 is 1.58 bits per heavy atom. The van der Waals surface area contributed by atoms with Crippen molar-refractivity contribution >= 4 is 5.91 Å². The van der Waals surface area contributed by atoms with Crippen molar-refractivity contribution in [3.63, 3.8) is 0 Å². The summed E-state index contributed by atoms with van der Waals surface area (Å²) in [7, 11) is 0. The molecular weight excluding hydrogens is 388 g/mol. The summed E-state index contributed by atoms with van der Waals surface area (Å²) in [5.74, 6) is 1.02. The SMILES string of the molecule is Cc1ccccc1-c1nnc(-c2ccc(C(=O)N3CCC(n4cccc4)CC3)cc2)o1. The zero-order valence-corrected chi connectivity index (χ0v) is 17.4.